The summed E-state index contributed by atoms with van der Waals surface area (Å²) >= 11 is 0. The Labute approximate surface area is 96.7 Å². The summed E-state index contributed by atoms with van der Waals surface area (Å²) in [6.07, 6.45) is 1.07. The van der Waals surface area contributed by atoms with Gasteiger partial charge in [-0.3, -0.25) is 0 Å². The average molecular weight is 266 g/mol. The molecule has 0 spiro atoms. The van der Waals surface area contributed by atoms with Crippen LogP contribution in [0.5, 0.6) is 0 Å². The average Bonchev–Trinajstić information content (AvgIpc) is 2.56. The molecule has 0 aromatic heterocycles. The Bertz CT molecular complexity index is 417. The van der Waals surface area contributed by atoms with Gasteiger partial charge >= 0.3 is 19.5 Å². The topological polar surface area (TPSA) is 0 Å². The van der Waals surface area contributed by atoms with Gasteiger partial charge in [-0.25, -0.2) is 0 Å². The third-order valence-corrected chi connectivity index (χ3v) is 2.61. The molecule has 3 rings (SSSR count). The van der Waals surface area contributed by atoms with Crippen LogP contribution in [0.15, 0.2) is 42.5 Å². The Balaban J connectivity index is 0.000000750. The molecular formula is C13H9Ru. The first-order chi connectivity index (χ1) is 6.45. The first-order valence-corrected chi connectivity index (χ1v) is 4.53. The molecule has 0 heterocycles. The molecule has 1 radical (unpaired) electrons. The molecular weight excluding hydrogens is 257 g/mol. The minimum absolute atomic E-state index is 0. The van der Waals surface area contributed by atoms with E-state index in [-0.39, 0.29) is 19.5 Å². The summed E-state index contributed by atoms with van der Waals surface area (Å²) in [5, 5.41) is 0. The van der Waals surface area contributed by atoms with Crippen LogP contribution < -0.4 is 0 Å². The predicted octanol–water partition coefficient (Wildman–Crippen LogP) is 3.06. The number of benzene rings is 2. The summed E-state index contributed by atoms with van der Waals surface area (Å²) in [5.74, 6) is 0. The van der Waals surface area contributed by atoms with Crippen LogP contribution in [0.25, 0.3) is 11.1 Å². The smallest absolute Gasteiger partial charge is 0.147 e. The van der Waals surface area contributed by atoms with Crippen LogP contribution in [0.3, 0.4) is 0 Å². The van der Waals surface area contributed by atoms with Gasteiger partial charge in [0.1, 0.15) is 0 Å². The molecule has 0 saturated carbocycles. The summed E-state index contributed by atoms with van der Waals surface area (Å²) in [5.41, 5.74) is 5.49. The van der Waals surface area contributed by atoms with Crippen molar-refractivity contribution >= 4 is 0 Å². The maximum atomic E-state index is 3.31. The zero-order chi connectivity index (χ0) is 8.67. The van der Waals surface area contributed by atoms with Gasteiger partial charge in [-0.1, -0.05) is 35.4 Å². The van der Waals surface area contributed by atoms with Crippen LogP contribution in [0, 0.1) is 6.07 Å². The number of rotatable bonds is 0. The summed E-state index contributed by atoms with van der Waals surface area (Å²) in [6.45, 7) is 0. The summed E-state index contributed by atoms with van der Waals surface area (Å²) in [6, 6.07) is 18.1. The van der Waals surface area contributed by atoms with E-state index in [4.69, 9.17) is 0 Å². The second-order valence-corrected chi connectivity index (χ2v) is 3.40. The van der Waals surface area contributed by atoms with E-state index in [2.05, 4.69) is 42.5 Å². The van der Waals surface area contributed by atoms with E-state index in [9.17, 15) is 0 Å². The van der Waals surface area contributed by atoms with E-state index in [1.807, 2.05) is 6.07 Å². The van der Waals surface area contributed by atoms with Gasteiger partial charge in [-0.2, -0.15) is 0 Å². The molecule has 2 aromatic rings. The SMILES string of the molecule is [Ru+].[c-]1cccc2c1-c1ccccc1C2. The van der Waals surface area contributed by atoms with Crippen molar-refractivity contribution in [1.82, 2.24) is 0 Å². The number of hydrogen-bond donors (Lipinski definition) is 0. The van der Waals surface area contributed by atoms with Gasteiger partial charge in [0, 0.05) is 0 Å². The molecule has 0 atom stereocenters. The predicted molar refractivity (Wildman–Crippen MR) is 53.5 cm³/mol. The number of fused-ring (bicyclic) bond motifs is 3. The minimum Gasteiger partial charge on any atom is -0.147 e. The molecule has 2 aromatic carbocycles. The van der Waals surface area contributed by atoms with Gasteiger partial charge in [0.2, 0.25) is 0 Å². The van der Waals surface area contributed by atoms with E-state index in [1.165, 1.54) is 22.3 Å². The first-order valence-electron chi connectivity index (χ1n) is 4.53. The molecule has 1 aliphatic carbocycles. The van der Waals surface area contributed by atoms with Crippen LogP contribution >= 0.6 is 0 Å². The molecule has 0 aliphatic heterocycles. The molecule has 1 heteroatoms. The van der Waals surface area contributed by atoms with E-state index in [0.717, 1.165) is 6.42 Å². The van der Waals surface area contributed by atoms with E-state index < -0.39 is 0 Å². The molecule has 69 valence electrons. The van der Waals surface area contributed by atoms with Crippen molar-refractivity contribution in [2.45, 2.75) is 6.42 Å². The Morgan fingerprint density at radius 3 is 2.64 bits per heavy atom. The van der Waals surface area contributed by atoms with E-state index >= 15 is 0 Å². The van der Waals surface area contributed by atoms with Crippen LogP contribution in [-0.2, 0) is 25.9 Å². The van der Waals surface area contributed by atoms with Crippen LogP contribution in [0.1, 0.15) is 11.1 Å². The monoisotopic (exact) mass is 267 g/mol. The Hall–Kier alpha value is -0.937. The minimum atomic E-state index is 0. The fraction of sp³-hybridized carbons (Fsp3) is 0.0769. The van der Waals surface area contributed by atoms with E-state index in [1.54, 1.807) is 0 Å². The Morgan fingerprint density at radius 1 is 0.929 bits per heavy atom. The molecule has 14 heavy (non-hydrogen) atoms. The molecule has 0 bridgehead atoms. The largest absolute Gasteiger partial charge is 1.00 e. The molecule has 0 unspecified atom stereocenters. The van der Waals surface area contributed by atoms with Crippen molar-refractivity contribution in [3.8, 4) is 11.1 Å². The van der Waals surface area contributed by atoms with Crippen LogP contribution in [-0.4, -0.2) is 0 Å². The van der Waals surface area contributed by atoms with Gasteiger partial charge in [0.05, 0.1) is 0 Å². The third kappa shape index (κ3) is 1.33. The fourth-order valence-electron chi connectivity index (χ4n) is 1.99. The summed E-state index contributed by atoms with van der Waals surface area (Å²) in [4.78, 5) is 0. The maximum absolute atomic E-state index is 3.31. The van der Waals surface area contributed by atoms with Gasteiger partial charge in [-0.15, -0.1) is 35.4 Å². The van der Waals surface area contributed by atoms with Crippen LogP contribution in [0.2, 0.25) is 0 Å². The van der Waals surface area contributed by atoms with Gasteiger partial charge in [-0.05, 0) is 6.42 Å². The van der Waals surface area contributed by atoms with Crippen molar-refractivity contribution in [3.63, 3.8) is 0 Å². The molecule has 0 fully saturated rings. The Kier molecular flexibility index (Phi) is 2.52. The molecule has 0 amide bonds. The zero-order valence-corrected chi connectivity index (χ0v) is 9.34. The van der Waals surface area contributed by atoms with Crippen molar-refractivity contribution in [2.24, 2.45) is 0 Å². The first kappa shape index (κ1) is 9.61. The maximum Gasteiger partial charge on any atom is 1.00 e. The fourth-order valence-corrected chi connectivity index (χ4v) is 1.99. The normalized spacial score (nSPS) is 11.4. The van der Waals surface area contributed by atoms with Crippen molar-refractivity contribution in [2.75, 3.05) is 0 Å². The Morgan fingerprint density at radius 2 is 1.71 bits per heavy atom. The molecule has 1 aliphatic rings. The third-order valence-electron chi connectivity index (χ3n) is 2.61. The quantitative estimate of drug-likeness (QED) is 0.433. The molecule has 0 N–H and O–H groups in total. The van der Waals surface area contributed by atoms with Gasteiger partial charge < -0.3 is 0 Å². The van der Waals surface area contributed by atoms with Crippen LogP contribution in [0.4, 0.5) is 0 Å². The van der Waals surface area contributed by atoms with Crippen molar-refractivity contribution < 1.29 is 19.5 Å². The standard InChI is InChI=1S/C13H9.Ru/c1-3-7-12-10(5-1)9-11-6-2-4-8-13(11)12;/h1-7H,9H2;/q-1;+1. The second-order valence-electron chi connectivity index (χ2n) is 3.40. The van der Waals surface area contributed by atoms with E-state index in [0.29, 0.717) is 0 Å². The summed E-state index contributed by atoms with van der Waals surface area (Å²) in [7, 11) is 0. The molecule has 0 saturated heterocycles. The molecule has 0 nitrogen and oxygen atoms in total. The zero-order valence-electron chi connectivity index (χ0n) is 7.60. The number of hydrogen-bond acceptors (Lipinski definition) is 0. The summed E-state index contributed by atoms with van der Waals surface area (Å²) < 4.78 is 0. The van der Waals surface area contributed by atoms with Gasteiger partial charge in [0.15, 0.2) is 0 Å². The second kappa shape index (κ2) is 3.67. The van der Waals surface area contributed by atoms with Crippen molar-refractivity contribution in [3.05, 3.63) is 59.7 Å². The van der Waals surface area contributed by atoms with Crippen molar-refractivity contribution in [1.29, 1.82) is 0 Å². The van der Waals surface area contributed by atoms with Gasteiger partial charge in [0.25, 0.3) is 0 Å².